The molecule has 0 saturated heterocycles. The third-order valence-corrected chi connectivity index (χ3v) is 4.05. The summed E-state index contributed by atoms with van der Waals surface area (Å²) in [4.78, 5) is 5.39. The first kappa shape index (κ1) is 18.5. The highest BCUT2D eigenvalue weighted by molar-refractivity contribution is 5.80. The van der Waals surface area contributed by atoms with E-state index in [1.54, 1.807) is 13.3 Å². The Kier molecular flexibility index (Phi) is 6.47. The minimum atomic E-state index is 0.435. The van der Waals surface area contributed by atoms with Crippen molar-refractivity contribution in [2.24, 2.45) is 5.16 Å². The zero-order valence-electron chi connectivity index (χ0n) is 15.6. The first-order valence-electron chi connectivity index (χ1n) is 8.80. The largest absolute Gasteiger partial charge is 0.493 e. The van der Waals surface area contributed by atoms with Crippen LogP contribution in [0.15, 0.2) is 78.0 Å². The predicted octanol–water partition coefficient (Wildman–Crippen LogP) is 5.13. The summed E-state index contributed by atoms with van der Waals surface area (Å²) in [5.74, 6) is 1.35. The molecular formula is C23H23NO3. The minimum Gasteiger partial charge on any atom is -0.493 e. The third-order valence-electron chi connectivity index (χ3n) is 4.05. The number of hydrogen-bond donors (Lipinski definition) is 0. The molecule has 0 aliphatic carbocycles. The molecule has 0 saturated carbocycles. The smallest absolute Gasteiger partial charge is 0.162 e. The fourth-order valence-electron chi connectivity index (χ4n) is 2.52. The Bertz CT molecular complexity index is 874. The van der Waals surface area contributed by atoms with E-state index >= 15 is 0 Å². The molecule has 0 aromatic heterocycles. The van der Waals surface area contributed by atoms with Gasteiger partial charge in [-0.3, -0.25) is 0 Å². The van der Waals surface area contributed by atoms with Crippen molar-refractivity contribution < 1.29 is 14.3 Å². The van der Waals surface area contributed by atoms with Crippen LogP contribution in [0.1, 0.15) is 22.3 Å². The van der Waals surface area contributed by atoms with Crippen LogP contribution in [0.3, 0.4) is 0 Å². The molecule has 0 spiro atoms. The van der Waals surface area contributed by atoms with Crippen LogP contribution in [-0.2, 0) is 18.1 Å². The number of aryl methyl sites for hydroxylation is 1. The summed E-state index contributed by atoms with van der Waals surface area (Å²) < 4.78 is 11.3. The summed E-state index contributed by atoms with van der Waals surface area (Å²) in [6.45, 7) is 2.97. The van der Waals surface area contributed by atoms with Crippen molar-refractivity contribution in [3.63, 3.8) is 0 Å². The maximum atomic E-state index is 5.91. The quantitative estimate of drug-likeness (QED) is 0.412. The summed E-state index contributed by atoms with van der Waals surface area (Å²) in [6.07, 6.45) is 1.67. The van der Waals surface area contributed by atoms with Gasteiger partial charge in [0.1, 0.15) is 13.2 Å². The maximum Gasteiger partial charge on any atom is 0.162 e. The van der Waals surface area contributed by atoms with Crippen LogP contribution in [0.25, 0.3) is 0 Å². The van der Waals surface area contributed by atoms with E-state index in [9.17, 15) is 0 Å². The van der Waals surface area contributed by atoms with Gasteiger partial charge < -0.3 is 14.3 Å². The van der Waals surface area contributed by atoms with E-state index in [1.165, 1.54) is 5.56 Å². The summed E-state index contributed by atoms with van der Waals surface area (Å²) in [5, 5.41) is 4.05. The lowest BCUT2D eigenvalue weighted by molar-refractivity contribution is 0.132. The van der Waals surface area contributed by atoms with Crippen LogP contribution < -0.4 is 9.47 Å². The molecule has 0 bridgehead atoms. The van der Waals surface area contributed by atoms with E-state index in [2.05, 4.69) is 24.2 Å². The molecule has 0 fully saturated rings. The molecule has 4 heteroatoms. The number of methoxy groups -OCH3 is 1. The Morgan fingerprint density at radius 3 is 2.30 bits per heavy atom. The summed E-state index contributed by atoms with van der Waals surface area (Å²) >= 11 is 0. The molecule has 3 aromatic carbocycles. The molecule has 0 N–H and O–H groups in total. The van der Waals surface area contributed by atoms with Gasteiger partial charge in [-0.05, 0) is 36.2 Å². The van der Waals surface area contributed by atoms with Gasteiger partial charge in [-0.1, -0.05) is 65.3 Å². The number of nitrogens with zero attached hydrogens (tertiary/aromatic N) is 1. The van der Waals surface area contributed by atoms with E-state index in [0.717, 1.165) is 16.7 Å². The fourth-order valence-corrected chi connectivity index (χ4v) is 2.52. The van der Waals surface area contributed by atoms with Crippen molar-refractivity contribution >= 4 is 6.21 Å². The van der Waals surface area contributed by atoms with Gasteiger partial charge in [-0.25, -0.2) is 0 Å². The Hall–Kier alpha value is -3.27. The van der Waals surface area contributed by atoms with Gasteiger partial charge >= 0.3 is 0 Å². The van der Waals surface area contributed by atoms with Gasteiger partial charge in [-0.15, -0.1) is 0 Å². The monoisotopic (exact) mass is 361 g/mol. The molecule has 4 nitrogen and oxygen atoms in total. The van der Waals surface area contributed by atoms with Crippen molar-refractivity contribution in [1.82, 2.24) is 0 Å². The van der Waals surface area contributed by atoms with Crippen molar-refractivity contribution in [2.75, 3.05) is 7.11 Å². The fraction of sp³-hybridized carbons (Fsp3) is 0.174. The van der Waals surface area contributed by atoms with E-state index in [-0.39, 0.29) is 0 Å². The van der Waals surface area contributed by atoms with Gasteiger partial charge in [0.05, 0.1) is 13.3 Å². The SMILES string of the molecule is COc1ccc(/C=N/OCc2ccc(C)cc2)cc1OCc1ccccc1. The van der Waals surface area contributed by atoms with Crippen LogP contribution in [0.5, 0.6) is 11.5 Å². The molecule has 0 amide bonds. The van der Waals surface area contributed by atoms with Crippen LogP contribution in [0.2, 0.25) is 0 Å². The molecular weight excluding hydrogens is 338 g/mol. The highest BCUT2D eigenvalue weighted by Crippen LogP contribution is 2.28. The molecule has 0 heterocycles. The first-order valence-corrected chi connectivity index (χ1v) is 8.80. The zero-order chi connectivity index (χ0) is 18.9. The molecule has 0 radical (unpaired) electrons. The van der Waals surface area contributed by atoms with Crippen LogP contribution in [-0.4, -0.2) is 13.3 Å². The maximum absolute atomic E-state index is 5.91. The lowest BCUT2D eigenvalue weighted by atomic mass is 10.2. The lowest BCUT2D eigenvalue weighted by Gasteiger charge is -2.11. The number of benzene rings is 3. The standard InChI is InChI=1S/C23H23NO3/c1-18-8-10-20(11-9-18)17-27-24-15-21-12-13-22(25-2)23(14-21)26-16-19-6-4-3-5-7-19/h3-15H,16-17H2,1-2H3/b24-15+. The molecule has 27 heavy (non-hydrogen) atoms. The zero-order valence-corrected chi connectivity index (χ0v) is 15.6. The van der Waals surface area contributed by atoms with Crippen LogP contribution in [0.4, 0.5) is 0 Å². The summed E-state index contributed by atoms with van der Waals surface area (Å²) in [7, 11) is 1.63. The molecule has 0 atom stereocenters. The van der Waals surface area contributed by atoms with Gasteiger partial charge in [0.15, 0.2) is 11.5 Å². The number of hydrogen-bond acceptors (Lipinski definition) is 4. The van der Waals surface area contributed by atoms with E-state index in [0.29, 0.717) is 24.7 Å². The van der Waals surface area contributed by atoms with E-state index in [4.69, 9.17) is 14.3 Å². The Labute approximate surface area is 160 Å². The molecule has 0 unspecified atom stereocenters. The lowest BCUT2D eigenvalue weighted by Crippen LogP contribution is -1.98. The van der Waals surface area contributed by atoms with Crippen molar-refractivity contribution in [2.45, 2.75) is 20.1 Å². The van der Waals surface area contributed by atoms with Gasteiger partial charge in [0.2, 0.25) is 0 Å². The van der Waals surface area contributed by atoms with Crippen LogP contribution >= 0.6 is 0 Å². The molecule has 138 valence electrons. The Morgan fingerprint density at radius 2 is 1.56 bits per heavy atom. The van der Waals surface area contributed by atoms with Crippen LogP contribution in [0, 0.1) is 6.92 Å². The molecule has 3 aromatic rings. The Balaban J connectivity index is 1.60. The number of oxime groups is 1. The van der Waals surface area contributed by atoms with Crippen molar-refractivity contribution in [1.29, 1.82) is 0 Å². The van der Waals surface area contributed by atoms with Gasteiger partial charge in [-0.2, -0.15) is 0 Å². The highest BCUT2D eigenvalue weighted by atomic mass is 16.6. The number of ether oxygens (including phenoxy) is 2. The minimum absolute atomic E-state index is 0.435. The topological polar surface area (TPSA) is 40.0 Å². The average molecular weight is 361 g/mol. The second-order valence-corrected chi connectivity index (χ2v) is 6.18. The van der Waals surface area contributed by atoms with E-state index in [1.807, 2.05) is 60.7 Å². The average Bonchev–Trinajstić information content (AvgIpc) is 2.72. The summed E-state index contributed by atoms with van der Waals surface area (Å²) in [6, 6.07) is 23.9. The molecule has 0 aliphatic heterocycles. The highest BCUT2D eigenvalue weighted by Gasteiger charge is 2.06. The normalized spacial score (nSPS) is 10.7. The van der Waals surface area contributed by atoms with Gasteiger partial charge in [0, 0.05) is 5.56 Å². The third kappa shape index (κ3) is 5.61. The van der Waals surface area contributed by atoms with Crippen molar-refractivity contribution in [3.8, 4) is 11.5 Å². The summed E-state index contributed by atoms with van der Waals surface area (Å²) in [5.41, 5.74) is 4.28. The predicted molar refractivity (Wildman–Crippen MR) is 107 cm³/mol. The second-order valence-electron chi connectivity index (χ2n) is 6.18. The first-order chi connectivity index (χ1) is 13.2. The van der Waals surface area contributed by atoms with Gasteiger partial charge in [0.25, 0.3) is 0 Å². The van der Waals surface area contributed by atoms with Crippen molar-refractivity contribution in [3.05, 3.63) is 95.1 Å². The molecule has 3 rings (SSSR count). The van der Waals surface area contributed by atoms with E-state index < -0.39 is 0 Å². The Morgan fingerprint density at radius 1 is 0.815 bits per heavy atom. The molecule has 0 aliphatic rings. The number of rotatable bonds is 8. The second kappa shape index (κ2) is 9.43.